The topological polar surface area (TPSA) is 66.4 Å². The maximum absolute atomic E-state index is 13.1. The molecule has 2 N–H and O–H groups in total. The van der Waals surface area contributed by atoms with Crippen molar-refractivity contribution in [3.05, 3.63) is 34.1 Å². The maximum Gasteiger partial charge on any atom is 0.311 e. The van der Waals surface area contributed by atoms with Crippen LogP contribution in [-0.4, -0.2) is 23.5 Å². The molecule has 0 radical (unpaired) electrons. The molecule has 1 aliphatic carbocycles. The van der Waals surface area contributed by atoms with E-state index in [2.05, 4.69) is 21.2 Å². The number of carbonyl (C=O) groups is 2. The van der Waals surface area contributed by atoms with E-state index in [1.807, 2.05) is 0 Å². The molecule has 0 bridgehead atoms. The number of benzene rings is 1. The van der Waals surface area contributed by atoms with Crippen molar-refractivity contribution in [2.45, 2.75) is 19.3 Å². The lowest BCUT2D eigenvalue weighted by Crippen LogP contribution is -2.47. The van der Waals surface area contributed by atoms with Gasteiger partial charge in [0.25, 0.3) is 5.91 Å². The monoisotopic (exact) mass is 329 g/mol. The number of hydrogen-bond donors (Lipinski definition) is 2. The number of hydrogen-bond acceptors (Lipinski definition) is 2. The van der Waals surface area contributed by atoms with Gasteiger partial charge >= 0.3 is 5.97 Å². The van der Waals surface area contributed by atoms with Gasteiger partial charge in [-0.15, -0.1) is 0 Å². The Morgan fingerprint density at radius 1 is 1.42 bits per heavy atom. The molecule has 102 valence electrons. The van der Waals surface area contributed by atoms with Crippen LogP contribution in [0, 0.1) is 11.2 Å². The molecule has 1 amide bonds. The molecule has 19 heavy (non-hydrogen) atoms. The van der Waals surface area contributed by atoms with Gasteiger partial charge < -0.3 is 10.4 Å². The lowest BCUT2D eigenvalue weighted by atomic mass is 9.69. The standard InChI is InChI=1S/C13H13BrFNO3/c14-10-3-2-8(15)6-9(10)11(17)16-7-13(12(18)19)4-1-5-13/h2-3,6H,1,4-5,7H2,(H,16,17)(H,18,19). The van der Waals surface area contributed by atoms with E-state index in [1.165, 1.54) is 12.1 Å². The van der Waals surface area contributed by atoms with Gasteiger partial charge in [-0.1, -0.05) is 6.42 Å². The van der Waals surface area contributed by atoms with E-state index >= 15 is 0 Å². The molecule has 0 unspecified atom stereocenters. The zero-order chi connectivity index (χ0) is 14.0. The number of carboxylic acid groups (broad SMARTS) is 1. The maximum atomic E-state index is 13.1. The molecule has 0 aliphatic heterocycles. The minimum atomic E-state index is -0.891. The molecule has 1 aromatic carbocycles. The average Bonchev–Trinajstić information content (AvgIpc) is 2.30. The van der Waals surface area contributed by atoms with Crippen LogP contribution in [0.5, 0.6) is 0 Å². The molecule has 1 aromatic rings. The van der Waals surface area contributed by atoms with Crippen molar-refractivity contribution >= 4 is 27.8 Å². The van der Waals surface area contributed by atoms with Gasteiger partial charge in [0.05, 0.1) is 11.0 Å². The number of rotatable bonds is 4. The fourth-order valence-corrected chi connectivity index (χ4v) is 2.51. The minimum absolute atomic E-state index is 0.0735. The number of carbonyl (C=O) groups excluding carboxylic acids is 1. The predicted molar refractivity (Wildman–Crippen MR) is 70.4 cm³/mol. The SMILES string of the molecule is O=C(NCC1(C(=O)O)CCC1)c1cc(F)ccc1Br. The molecule has 0 atom stereocenters. The summed E-state index contributed by atoms with van der Waals surface area (Å²) in [6, 6.07) is 3.81. The van der Waals surface area contributed by atoms with E-state index in [0.29, 0.717) is 17.3 Å². The molecule has 1 fully saturated rings. The molecule has 2 rings (SSSR count). The number of amides is 1. The summed E-state index contributed by atoms with van der Waals surface area (Å²) >= 11 is 3.17. The number of halogens is 2. The van der Waals surface area contributed by atoms with Gasteiger partial charge in [0.1, 0.15) is 5.82 Å². The number of nitrogens with one attached hydrogen (secondary N) is 1. The Morgan fingerprint density at radius 2 is 2.11 bits per heavy atom. The van der Waals surface area contributed by atoms with Crippen LogP contribution < -0.4 is 5.32 Å². The number of aliphatic carboxylic acids is 1. The van der Waals surface area contributed by atoms with Crippen LogP contribution in [0.3, 0.4) is 0 Å². The van der Waals surface area contributed by atoms with Gasteiger partial charge in [-0.25, -0.2) is 4.39 Å². The van der Waals surface area contributed by atoms with E-state index in [9.17, 15) is 14.0 Å². The summed E-state index contributed by atoms with van der Waals surface area (Å²) in [5.74, 6) is -1.87. The van der Waals surface area contributed by atoms with Gasteiger partial charge in [0, 0.05) is 11.0 Å². The quantitative estimate of drug-likeness (QED) is 0.892. The second-order valence-electron chi connectivity index (χ2n) is 4.75. The lowest BCUT2D eigenvalue weighted by molar-refractivity contribution is -0.153. The Labute approximate surface area is 118 Å². The van der Waals surface area contributed by atoms with Gasteiger partial charge in [0.15, 0.2) is 0 Å². The summed E-state index contributed by atoms with van der Waals surface area (Å²) in [5, 5.41) is 11.7. The predicted octanol–water partition coefficient (Wildman–Crippen LogP) is 2.57. The van der Waals surface area contributed by atoms with Gasteiger partial charge in [-0.3, -0.25) is 9.59 Å². The van der Waals surface area contributed by atoms with Crippen LogP contribution in [0.15, 0.2) is 22.7 Å². The van der Waals surface area contributed by atoms with Gasteiger partial charge in [-0.2, -0.15) is 0 Å². The van der Waals surface area contributed by atoms with Gasteiger partial charge in [0.2, 0.25) is 0 Å². The van der Waals surface area contributed by atoms with Crippen LogP contribution in [0.2, 0.25) is 0 Å². The van der Waals surface area contributed by atoms with Crippen molar-refractivity contribution in [1.82, 2.24) is 5.32 Å². The molecule has 0 saturated heterocycles. The molecule has 0 aromatic heterocycles. The third-order valence-electron chi connectivity index (χ3n) is 3.52. The van der Waals surface area contributed by atoms with Crippen LogP contribution in [0.25, 0.3) is 0 Å². The second kappa shape index (κ2) is 5.28. The molecule has 0 heterocycles. The van der Waals surface area contributed by atoms with E-state index in [4.69, 9.17) is 5.11 Å². The Morgan fingerprint density at radius 3 is 2.63 bits per heavy atom. The van der Waals surface area contributed by atoms with E-state index < -0.39 is 23.1 Å². The molecule has 4 nitrogen and oxygen atoms in total. The van der Waals surface area contributed by atoms with Crippen LogP contribution >= 0.6 is 15.9 Å². The summed E-state index contributed by atoms with van der Waals surface area (Å²) in [6.07, 6.45) is 1.98. The Hall–Kier alpha value is -1.43. The van der Waals surface area contributed by atoms with E-state index in [1.54, 1.807) is 0 Å². The Kier molecular flexibility index (Phi) is 3.89. The second-order valence-corrected chi connectivity index (χ2v) is 5.60. The van der Waals surface area contributed by atoms with E-state index in [0.717, 1.165) is 12.5 Å². The van der Waals surface area contributed by atoms with Crippen molar-refractivity contribution in [2.75, 3.05) is 6.54 Å². The molecular formula is C13H13BrFNO3. The first-order chi connectivity index (χ1) is 8.94. The first-order valence-electron chi connectivity index (χ1n) is 5.91. The third-order valence-corrected chi connectivity index (χ3v) is 4.22. The van der Waals surface area contributed by atoms with Crippen molar-refractivity contribution in [2.24, 2.45) is 5.41 Å². The highest BCUT2D eigenvalue weighted by Crippen LogP contribution is 2.40. The number of carboxylic acids is 1. The molecular weight excluding hydrogens is 317 g/mol. The summed E-state index contributed by atoms with van der Waals surface area (Å²) < 4.78 is 13.6. The first-order valence-corrected chi connectivity index (χ1v) is 6.71. The zero-order valence-corrected chi connectivity index (χ0v) is 11.7. The minimum Gasteiger partial charge on any atom is -0.481 e. The van der Waals surface area contributed by atoms with Crippen molar-refractivity contribution in [3.8, 4) is 0 Å². The van der Waals surface area contributed by atoms with Crippen LogP contribution in [0.1, 0.15) is 29.6 Å². The van der Waals surface area contributed by atoms with Crippen LogP contribution in [-0.2, 0) is 4.79 Å². The largest absolute Gasteiger partial charge is 0.481 e. The highest BCUT2D eigenvalue weighted by Gasteiger charge is 2.44. The normalized spacial score (nSPS) is 16.5. The Balaban J connectivity index is 2.05. The zero-order valence-electron chi connectivity index (χ0n) is 10.1. The fraction of sp³-hybridized carbons (Fsp3) is 0.385. The van der Waals surface area contributed by atoms with Gasteiger partial charge in [-0.05, 0) is 47.0 Å². The summed E-state index contributed by atoms with van der Waals surface area (Å²) in [4.78, 5) is 23.1. The molecule has 1 aliphatic rings. The fourth-order valence-electron chi connectivity index (χ4n) is 2.09. The summed E-state index contributed by atoms with van der Waals surface area (Å²) in [5.41, 5.74) is -0.685. The van der Waals surface area contributed by atoms with E-state index in [-0.39, 0.29) is 12.1 Å². The molecule has 0 spiro atoms. The highest BCUT2D eigenvalue weighted by atomic mass is 79.9. The smallest absolute Gasteiger partial charge is 0.311 e. The molecule has 6 heteroatoms. The summed E-state index contributed by atoms with van der Waals surface area (Å²) in [7, 11) is 0. The van der Waals surface area contributed by atoms with Crippen molar-refractivity contribution in [1.29, 1.82) is 0 Å². The molecule has 1 saturated carbocycles. The first kappa shape index (κ1) is 14.0. The van der Waals surface area contributed by atoms with Crippen molar-refractivity contribution < 1.29 is 19.1 Å². The Bertz CT molecular complexity index is 529. The third kappa shape index (κ3) is 2.78. The van der Waals surface area contributed by atoms with Crippen LogP contribution in [0.4, 0.5) is 4.39 Å². The lowest BCUT2D eigenvalue weighted by Gasteiger charge is -2.37. The summed E-state index contributed by atoms with van der Waals surface area (Å²) in [6.45, 7) is 0.0735. The average molecular weight is 330 g/mol. The highest BCUT2D eigenvalue weighted by molar-refractivity contribution is 9.10. The van der Waals surface area contributed by atoms with Crippen molar-refractivity contribution in [3.63, 3.8) is 0 Å².